The number of thioether (sulfide) groups is 1. The van der Waals surface area contributed by atoms with Crippen molar-refractivity contribution >= 4 is 51.8 Å². The molecule has 0 bridgehead atoms. The van der Waals surface area contributed by atoms with Crippen molar-refractivity contribution in [3.8, 4) is 0 Å². The molecule has 2 aromatic heterocycles. The number of aromatic nitrogens is 4. The monoisotopic (exact) mass is 407 g/mol. The summed E-state index contributed by atoms with van der Waals surface area (Å²) in [5, 5.41) is 1.68. The lowest BCUT2D eigenvalue weighted by Crippen LogP contribution is -2.37. The van der Waals surface area contributed by atoms with Crippen molar-refractivity contribution in [1.29, 1.82) is 0 Å². The number of benzene rings is 1. The Balaban J connectivity index is 1.69. The highest BCUT2D eigenvalue weighted by atomic mass is 35.5. The fourth-order valence-electron chi connectivity index (χ4n) is 2.75. The lowest BCUT2D eigenvalue weighted by atomic mass is 10.2. The molecular formula is C17H15Cl2N5OS. The molecule has 0 atom stereocenters. The molecule has 4 rings (SSSR count). The summed E-state index contributed by atoms with van der Waals surface area (Å²) in [7, 11) is 0. The normalized spacial score (nSPS) is 14.8. The summed E-state index contributed by atoms with van der Waals surface area (Å²) in [5.41, 5.74) is 2.40. The van der Waals surface area contributed by atoms with E-state index in [0.29, 0.717) is 30.0 Å². The quantitative estimate of drug-likeness (QED) is 0.369. The number of hydrogen-bond acceptors (Lipinski definition) is 7. The number of nitrogens with zero attached hydrogens (tertiary/aromatic N) is 5. The van der Waals surface area contributed by atoms with Gasteiger partial charge in [0, 0.05) is 23.9 Å². The Morgan fingerprint density at radius 3 is 2.65 bits per heavy atom. The fraction of sp³-hybridized carbons (Fsp3) is 0.294. The Kier molecular flexibility index (Phi) is 5.40. The van der Waals surface area contributed by atoms with E-state index in [0.717, 1.165) is 34.5 Å². The molecule has 3 aromatic rings. The molecule has 1 fully saturated rings. The van der Waals surface area contributed by atoms with Crippen LogP contribution in [0.1, 0.15) is 5.56 Å². The molecule has 0 aliphatic carbocycles. The van der Waals surface area contributed by atoms with Crippen LogP contribution in [0.3, 0.4) is 0 Å². The smallest absolute Gasteiger partial charge is 0.225 e. The van der Waals surface area contributed by atoms with Crippen LogP contribution in [0, 0.1) is 0 Å². The number of halogens is 2. The van der Waals surface area contributed by atoms with Gasteiger partial charge in [0.05, 0.1) is 13.2 Å². The first-order valence-corrected chi connectivity index (χ1v) is 9.83. The van der Waals surface area contributed by atoms with Gasteiger partial charge in [-0.3, -0.25) is 0 Å². The summed E-state index contributed by atoms with van der Waals surface area (Å²) >= 11 is 14.0. The molecule has 0 saturated carbocycles. The second kappa shape index (κ2) is 7.92. The summed E-state index contributed by atoms with van der Waals surface area (Å²) in [6.07, 6.45) is 1.54. The van der Waals surface area contributed by atoms with Crippen molar-refractivity contribution in [3.05, 3.63) is 46.5 Å². The van der Waals surface area contributed by atoms with Crippen LogP contribution < -0.4 is 4.90 Å². The molecule has 0 N–H and O–H groups in total. The van der Waals surface area contributed by atoms with Gasteiger partial charge in [0.25, 0.3) is 0 Å². The maximum atomic E-state index is 6.25. The zero-order valence-corrected chi connectivity index (χ0v) is 16.1. The zero-order valence-electron chi connectivity index (χ0n) is 13.7. The van der Waals surface area contributed by atoms with Gasteiger partial charge in [-0.15, -0.1) is 0 Å². The molecule has 0 amide bonds. The van der Waals surface area contributed by atoms with E-state index < -0.39 is 0 Å². The standard InChI is InChI=1S/C17H15Cl2N5OS/c18-12-4-2-1-3-11(12)9-26-16-14-13(20-10-21-16)15(23-17(19)22-14)24-5-7-25-8-6-24/h1-4,10H,5-9H2. The van der Waals surface area contributed by atoms with Gasteiger partial charge < -0.3 is 9.64 Å². The van der Waals surface area contributed by atoms with Crippen molar-refractivity contribution in [2.24, 2.45) is 0 Å². The van der Waals surface area contributed by atoms with Crippen LogP contribution >= 0.6 is 35.0 Å². The molecule has 1 aliphatic rings. The van der Waals surface area contributed by atoms with Crippen LogP contribution in [0.5, 0.6) is 0 Å². The van der Waals surface area contributed by atoms with Crippen molar-refractivity contribution in [1.82, 2.24) is 19.9 Å². The van der Waals surface area contributed by atoms with Crippen LogP contribution in [-0.2, 0) is 10.5 Å². The Bertz CT molecular complexity index is 936. The molecule has 6 nitrogen and oxygen atoms in total. The number of rotatable bonds is 4. The van der Waals surface area contributed by atoms with E-state index in [-0.39, 0.29) is 5.28 Å². The van der Waals surface area contributed by atoms with Gasteiger partial charge in [-0.1, -0.05) is 41.6 Å². The third-order valence-electron chi connectivity index (χ3n) is 4.04. The first-order valence-electron chi connectivity index (χ1n) is 8.09. The molecule has 134 valence electrons. The van der Waals surface area contributed by atoms with Crippen LogP contribution in [0.2, 0.25) is 10.3 Å². The number of hydrogen-bond donors (Lipinski definition) is 0. The first kappa shape index (κ1) is 17.7. The van der Waals surface area contributed by atoms with Gasteiger partial charge in [-0.05, 0) is 23.2 Å². The highest BCUT2D eigenvalue weighted by molar-refractivity contribution is 7.98. The number of ether oxygens (including phenoxy) is 1. The average molecular weight is 408 g/mol. The van der Waals surface area contributed by atoms with Crippen LogP contribution in [-0.4, -0.2) is 46.2 Å². The minimum atomic E-state index is 0.188. The van der Waals surface area contributed by atoms with E-state index >= 15 is 0 Å². The van der Waals surface area contributed by atoms with Gasteiger partial charge >= 0.3 is 0 Å². The van der Waals surface area contributed by atoms with E-state index in [9.17, 15) is 0 Å². The molecule has 0 spiro atoms. The summed E-state index contributed by atoms with van der Waals surface area (Å²) in [4.78, 5) is 19.7. The number of fused-ring (bicyclic) bond motifs is 1. The van der Waals surface area contributed by atoms with Gasteiger partial charge in [0.15, 0.2) is 5.82 Å². The molecule has 0 radical (unpaired) electrons. The highest BCUT2D eigenvalue weighted by Gasteiger charge is 2.20. The zero-order chi connectivity index (χ0) is 17.9. The third kappa shape index (κ3) is 3.71. The van der Waals surface area contributed by atoms with Crippen molar-refractivity contribution in [2.75, 3.05) is 31.2 Å². The van der Waals surface area contributed by atoms with Crippen LogP contribution in [0.15, 0.2) is 35.6 Å². The average Bonchev–Trinajstić information content (AvgIpc) is 2.67. The second-order valence-corrected chi connectivity index (χ2v) is 7.38. The maximum absolute atomic E-state index is 6.25. The molecule has 3 heterocycles. The predicted octanol–water partition coefficient (Wildman–Crippen LogP) is 3.86. The Morgan fingerprint density at radius 2 is 1.85 bits per heavy atom. The predicted molar refractivity (Wildman–Crippen MR) is 104 cm³/mol. The molecule has 1 saturated heterocycles. The summed E-state index contributed by atoms with van der Waals surface area (Å²) in [6.45, 7) is 2.80. The molecule has 0 unspecified atom stereocenters. The fourth-order valence-corrected chi connectivity index (χ4v) is 4.14. The highest BCUT2D eigenvalue weighted by Crippen LogP contribution is 2.32. The van der Waals surface area contributed by atoms with E-state index in [1.807, 2.05) is 24.3 Å². The molecular weight excluding hydrogens is 393 g/mol. The first-order chi connectivity index (χ1) is 12.7. The van der Waals surface area contributed by atoms with Gasteiger partial charge in [-0.25, -0.2) is 15.0 Å². The molecule has 26 heavy (non-hydrogen) atoms. The topological polar surface area (TPSA) is 64.0 Å². The van der Waals surface area contributed by atoms with E-state index in [1.54, 1.807) is 18.1 Å². The van der Waals surface area contributed by atoms with Crippen molar-refractivity contribution in [3.63, 3.8) is 0 Å². The molecule has 1 aromatic carbocycles. The minimum Gasteiger partial charge on any atom is -0.378 e. The summed E-state index contributed by atoms with van der Waals surface area (Å²) in [5.74, 6) is 1.41. The summed E-state index contributed by atoms with van der Waals surface area (Å²) in [6, 6.07) is 7.76. The second-order valence-electron chi connectivity index (χ2n) is 5.67. The van der Waals surface area contributed by atoms with E-state index in [1.165, 1.54) is 0 Å². The van der Waals surface area contributed by atoms with E-state index in [2.05, 4.69) is 24.8 Å². The molecule has 9 heteroatoms. The lowest BCUT2D eigenvalue weighted by molar-refractivity contribution is 0.122. The Labute approximate surface area is 164 Å². The Morgan fingerprint density at radius 1 is 1.04 bits per heavy atom. The van der Waals surface area contributed by atoms with Crippen LogP contribution in [0.25, 0.3) is 11.0 Å². The van der Waals surface area contributed by atoms with Crippen molar-refractivity contribution in [2.45, 2.75) is 10.8 Å². The minimum absolute atomic E-state index is 0.188. The largest absolute Gasteiger partial charge is 0.378 e. The van der Waals surface area contributed by atoms with Crippen molar-refractivity contribution < 1.29 is 4.74 Å². The SMILES string of the molecule is Clc1nc(N2CCOCC2)c2ncnc(SCc3ccccc3Cl)c2n1. The van der Waals surface area contributed by atoms with Crippen LogP contribution in [0.4, 0.5) is 5.82 Å². The van der Waals surface area contributed by atoms with Gasteiger partial charge in [0.2, 0.25) is 5.28 Å². The van der Waals surface area contributed by atoms with Gasteiger partial charge in [0.1, 0.15) is 22.4 Å². The lowest BCUT2D eigenvalue weighted by Gasteiger charge is -2.28. The van der Waals surface area contributed by atoms with E-state index in [4.69, 9.17) is 27.9 Å². The summed E-state index contributed by atoms with van der Waals surface area (Å²) < 4.78 is 5.42. The Hall–Kier alpha value is -1.67. The third-order valence-corrected chi connectivity index (χ3v) is 5.60. The molecule has 1 aliphatic heterocycles. The van der Waals surface area contributed by atoms with Gasteiger partial charge in [-0.2, -0.15) is 4.98 Å². The maximum Gasteiger partial charge on any atom is 0.225 e. The number of morpholine rings is 1. The number of anilines is 1.